The molecule has 2 aromatic rings. The van der Waals surface area contributed by atoms with Gasteiger partial charge in [0.15, 0.2) is 0 Å². The topological polar surface area (TPSA) is 101 Å². The number of rotatable bonds is 3. The number of benzene rings is 2. The van der Waals surface area contributed by atoms with Gasteiger partial charge in [-0.3, -0.25) is 0 Å². The molecule has 2 rings (SSSR count). The van der Waals surface area contributed by atoms with Gasteiger partial charge in [0.05, 0.1) is 0 Å². The molecular weight excluding hydrogens is 248 g/mol. The van der Waals surface area contributed by atoms with Crippen LogP contribution in [-0.2, 0) is 0 Å². The van der Waals surface area contributed by atoms with Gasteiger partial charge in [-0.25, -0.2) is 0 Å². The third-order valence-electron chi connectivity index (χ3n) is 2.80. The summed E-state index contributed by atoms with van der Waals surface area (Å²) < 4.78 is 0. The summed E-state index contributed by atoms with van der Waals surface area (Å²) in [5, 5.41) is 47.9. The van der Waals surface area contributed by atoms with Crippen LogP contribution in [0.25, 0.3) is 0 Å². The Labute approximate surface area is 109 Å². The minimum atomic E-state index is -1.30. The summed E-state index contributed by atoms with van der Waals surface area (Å²) in [7, 11) is 0. The number of aliphatic hydroxyl groups excluding tert-OH is 2. The largest absolute Gasteiger partial charge is 0.508 e. The van der Waals surface area contributed by atoms with Gasteiger partial charge in [-0.15, -0.1) is 0 Å². The van der Waals surface area contributed by atoms with Crippen molar-refractivity contribution in [2.24, 2.45) is 0 Å². The van der Waals surface area contributed by atoms with Gasteiger partial charge in [-0.1, -0.05) is 12.1 Å². The Kier molecular flexibility index (Phi) is 3.59. The standard InChI is InChI=1S/C14H14O5/c15-10-3-1-8(2-4-10)13(18)14(19)9-5-11(16)7-12(17)6-9/h1-7,13-19H. The zero-order chi connectivity index (χ0) is 14.0. The fraction of sp³-hybridized carbons (Fsp3) is 0.143. The summed E-state index contributed by atoms with van der Waals surface area (Å²) in [6, 6.07) is 9.39. The third-order valence-corrected chi connectivity index (χ3v) is 2.80. The Bertz CT molecular complexity index is 544. The first-order valence-corrected chi connectivity index (χ1v) is 5.65. The normalized spacial score (nSPS) is 14.0. The second-order valence-electron chi connectivity index (χ2n) is 4.26. The predicted molar refractivity (Wildman–Crippen MR) is 67.8 cm³/mol. The van der Waals surface area contributed by atoms with Gasteiger partial charge < -0.3 is 25.5 Å². The molecule has 2 aromatic carbocycles. The van der Waals surface area contributed by atoms with Crippen molar-refractivity contribution < 1.29 is 25.5 Å². The highest BCUT2D eigenvalue weighted by atomic mass is 16.3. The molecule has 0 aliphatic rings. The maximum absolute atomic E-state index is 10.0. The molecular formula is C14H14O5. The van der Waals surface area contributed by atoms with Crippen LogP contribution in [0.4, 0.5) is 0 Å². The highest BCUT2D eigenvalue weighted by molar-refractivity contribution is 5.39. The van der Waals surface area contributed by atoms with Crippen LogP contribution < -0.4 is 0 Å². The van der Waals surface area contributed by atoms with Gasteiger partial charge in [-0.05, 0) is 35.4 Å². The Hall–Kier alpha value is -2.24. The lowest BCUT2D eigenvalue weighted by Crippen LogP contribution is -2.10. The lowest BCUT2D eigenvalue weighted by atomic mass is 9.98. The first-order valence-electron chi connectivity index (χ1n) is 5.65. The first kappa shape index (κ1) is 13.2. The second kappa shape index (κ2) is 5.17. The summed E-state index contributed by atoms with van der Waals surface area (Å²) in [6.07, 6.45) is -2.54. The van der Waals surface area contributed by atoms with E-state index in [2.05, 4.69) is 0 Å². The van der Waals surface area contributed by atoms with E-state index in [4.69, 9.17) is 5.11 Å². The molecule has 5 N–H and O–H groups in total. The Morgan fingerprint density at radius 2 is 1.05 bits per heavy atom. The van der Waals surface area contributed by atoms with E-state index in [9.17, 15) is 20.4 Å². The summed E-state index contributed by atoms with van der Waals surface area (Å²) in [5.74, 6) is -0.348. The van der Waals surface area contributed by atoms with Crippen LogP contribution >= 0.6 is 0 Å². The number of phenols is 3. The van der Waals surface area contributed by atoms with Crippen LogP contribution in [0.3, 0.4) is 0 Å². The third kappa shape index (κ3) is 2.96. The van der Waals surface area contributed by atoms with Crippen molar-refractivity contribution in [3.8, 4) is 17.2 Å². The van der Waals surface area contributed by atoms with E-state index in [1.807, 2.05) is 0 Å². The van der Waals surface area contributed by atoms with Crippen molar-refractivity contribution in [2.75, 3.05) is 0 Å². The Morgan fingerprint density at radius 1 is 0.579 bits per heavy atom. The van der Waals surface area contributed by atoms with E-state index in [0.717, 1.165) is 6.07 Å². The van der Waals surface area contributed by atoms with Crippen molar-refractivity contribution in [1.29, 1.82) is 0 Å². The second-order valence-corrected chi connectivity index (χ2v) is 4.26. The van der Waals surface area contributed by atoms with Crippen LogP contribution in [0.1, 0.15) is 23.3 Å². The maximum Gasteiger partial charge on any atom is 0.119 e. The molecule has 19 heavy (non-hydrogen) atoms. The van der Waals surface area contributed by atoms with E-state index in [1.54, 1.807) is 0 Å². The van der Waals surface area contributed by atoms with Gasteiger partial charge in [-0.2, -0.15) is 0 Å². The monoisotopic (exact) mass is 262 g/mol. The molecule has 0 aromatic heterocycles. The molecule has 2 unspecified atom stereocenters. The van der Waals surface area contributed by atoms with E-state index in [-0.39, 0.29) is 22.8 Å². The Balaban J connectivity index is 2.27. The predicted octanol–water partition coefficient (Wildman–Crippen LogP) is 1.57. The summed E-state index contributed by atoms with van der Waals surface area (Å²) >= 11 is 0. The molecule has 0 amide bonds. The Morgan fingerprint density at radius 3 is 1.58 bits per heavy atom. The van der Waals surface area contributed by atoms with Crippen molar-refractivity contribution in [3.05, 3.63) is 53.6 Å². The molecule has 0 saturated heterocycles. The van der Waals surface area contributed by atoms with Crippen LogP contribution in [0, 0.1) is 0 Å². The zero-order valence-corrected chi connectivity index (χ0v) is 9.93. The molecule has 0 fully saturated rings. The molecule has 0 aliphatic heterocycles. The van der Waals surface area contributed by atoms with Gasteiger partial charge in [0, 0.05) is 6.07 Å². The quantitative estimate of drug-likeness (QED) is 0.578. The van der Waals surface area contributed by atoms with Gasteiger partial charge >= 0.3 is 0 Å². The molecule has 0 radical (unpaired) electrons. The van der Waals surface area contributed by atoms with Crippen molar-refractivity contribution in [1.82, 2.24) is 0 Å². The average molecular weight is 262 g/mol. The zero-order valence-electron chi connectivity index (χ0n) is 9.93. The van der Waals surface area contributed by atoms with E-state index in [1.165, 1.54) is 36.4 Å². The summed E-state index contributed by atoms with van der Waals surface area (Å²) in [4.78, 5) is 0. The summed E-state index contributed by atoms with van der Waals surface area (Å²) in [5.41, 5.74) is 0.603. The maximum atomic E-state index is 10.0. The van der Waals surface area contributed by atoms with Gasteiger partial charge in [0.2, 0.25) is 0 Å². The number of aromatic hydroxyl groups is 3. The van der Waals surface area contributed by atoms with Crippen LogP contribution in [0.15, 0.2) is 42.5 Å². The smallest absolute Gasteiger partial charge is 0.119 e. The van der Waals surface area contributed by atoms with Crippen molar-refractivity contribution >= 4 is 0 Å². The highest BCUT2D eigenvalue weighted by Gasteiger charge is 2.21. The summed E-state index contributed by atoms with van der Waals surface area (Å²) in [6.45, 7) is 0. The molecule has 5 heteroatoms. The fourth-order valence-corrected chi connectivity index (χ4v) is 1.82. The number of aliphatic hydroxyl groups is 2. The van der Waals surface area contributed by atoms with E-state index < -0.39 is 12.2 Å². The minimum absolute atomic E-state index is 0.0560. The van der Waals surface area contributed by atoms with Gasteiger partial charge in [0.25, 0.3) is 0 Å². The lowest BCUT2D eigenvalue weighted by Gasteiger charge is -2.19. The fourth-order valence-electron chi connectivity index (χ4n) is 1.82. The minimum Gasteiger partial charge on any atom is -0.508 e. The molecule has 0 heterocycles. The number of phenolic OH excluding ortho intramolecular Hbond substituents is 3. The van der Waals surface area contributed by atoms with Crippen LogP contribution in [-0.4, -0.2) is 25.5 Å². The number of hydrogen-bond acceptors (Lipinski definition) is 5. The molecule has 0 aliphatic carbocycles. The SMILES string of the molecule is Oc1ccc(C(O)C(O)c2cc(O)cc(O)c2)cc1. The molecule has 0 bridgehead atoms. The first-order chi connectivity index (χ1) is 8.97. The average Bonchev–Trinajstić information content (AvgIpc) is 2.37. The van der Waals surface area contributed by atoms with Gasteiger partial charge in [0.1, 0.15) is 29.5 Å². The van der Waals surface area contributed by atoms with E-state index >= 15 is 0 Å². The number of hydrogen-bond donors (Lipinski definition) is 5. The molecule has 100 valence electrons. The van der Waals surface area contributed by atoms with Crippen molar-refractivity contribution in [2.45, 2.75) is 12.2 Å². The molecule has 5 nitrogen and oxygen atoms in total. The highest BCUT2D eigenvalue weighted by Crippen LogP contribution is 2.33. The van der Waals surface area contributed by atoms with E-state index in [0.29, 0.717) is 5.56 Å². The van der Waals surface area contributed by atoms with Crippen LogP contribution in [0.5, 0.6) is 17.2 Å². The lowest BCUT2D eigenvalue weighted by molar-refractivity contribution is 0.0170. The van der Waals surface area contributed by atoms with Crippen molar-refractivity contribution in [3.63, 3.8) is 0 Å². The molecule has 0 spiro atoms. The molecule has 0 saturated carbocycles. The molecule has 2 atom stereocenters. The van der Waals surface area contributed by atoms with Crippen LogP contribution in [0.2, 0.25) is 0 Å².